The van der Waals surface area contributed by atoms with Crippen LogP contribution in [0.25, 0.3) is 10.9 Å². The Labute approximate surface area is 162 Å². The first-order chi connectivity index (χ1) is 12.9. The Morgan fingerprint density at radius 3 is 2.37 bits per heavy atom. The molecule has 0 unspecified atom stereocenters. The number of nitrogens with zero attached hydrogens (tertiary/aromatic N) is 2. The second-order valence-electron chi connectivity index (χ2n) is 6.40. The van der Waals surface area contributed by atoms with Crippen LogP contribution >= 0.6 is 11.6 Å². The maximum absolute atomic E-state index is 13.1. The predicted octanol–water partition coefficient (Wildman–Crippen LogP) is 2.96. The summed E-state index contributed by atoms with van der Waals surface area (Å²) in [5.74, 6) is -0.452. The average Bonchev–Trinajstić information content (AvgIpc) is 2.68. The molecule has 0 atom stereocenters. The van der Waals surface area contributed by atoms with Crippen molar-refractivity contribution in [1.29, 1.82) is 0 Å². The molecular weight excluding hydrogens is 389 g/mol. The van der Waals surface area contributed by atoms with Gasteiger partial charge >= 0.3 is 0 Å². The molecular formula is C19H18ClFN3O2S+. The number of pyridine rings is 1. The van der Waals surface area contributed by atoms with Crippen LogP contribution in [0.4, 0.5) is 10.1 Å². The molecule has 0 bridgehead atoms. The van der Waals surface area contributed by atoms with Crippen molar-refractivity contribution in [3.63, 3.8) is 0 Å². The summed E-state index contributed by atoms with van der Waals surface area (Å²) in [7, 11) is -3.62. The highest BCUT2D eigenvalue weighted by atomic mass is 35.5. The van der Waals surface area contributed by atoms with E-state index in [9.17, 15) is 12.8 Å². The predicted molar refractivity (Wildman–Crippen MR) is 103 cm³/mol. The summed E-state index contributed by atoms with van der Waals surface area (Å²) in [6.07, 6.45) is 1.86. The molecule has 0 aliphatic carbocycles. The highest BCUT2D eigenvalue weighted by Gasteiger charge is 2.29. The summed E-state index contributed by atoms with van der Waals surface area (Å²) in [6.45, 7) is 1.88. The second-order valence-corrected chi connectivity index (χ2v) is 8.77. The number of aromatic amines is 1. The van der Waals surface area contributed by atoms with Crippen molar-refractivity contribution >= 4 is 38.2 Å². The quantitative estimate of drug-likeness (QED) is 0.672. The molecule has 5 nitrogen and oxygen atoms in total. The largest absolute Gasteiger partial charge is 0.368 e. The van der Waals surface area contributed by atoms with E-state index in [0.717, 1.165) is 16.6 Å². The second kappa shape index (κ2) is 7.07. The lowest BCUT2D eigenvalue weighted by Crippen LogP contribution is -2.48. The number of nitrogens with one attached hydrogen (secondary N) is 1. The third kappa shape index (κ3) is 3.50. The lowest BCUT2D eigenvalue weighted by Gasteiger charge is -2.35. The molecule has 0 spiro atoms. The number of H-pyrrole nitrogens is 1. The van der Waals surface area contributed by atoms with Gasteiger partial charge in [0.25, 0.3) is 0 Å². The first kappa shape index (κ1) is 18.2. The van der Waals surface area contributed by atoms with E-state index in [4.69, 9.17) is 11.6 Å². The highest BCUT2D eigenvalue weighted by Crippen LogP contribution is 2.28. The van der Waals surface area contributed by atoms with E-state index >= 15 is 0 Å². The van der Waals surface area contributed by atoms with E-state index in [0.29, 0.717) is 31.2 Å². The van der Waals surface area contributed by atoms with E-state index in [2.05, 4.69) is 9.88 Å². The van der Waals surface area contributed by atoms with Crippen LogP contribution in [0.5, 0.6) is 0 Å². The summed E-state index contributed by atoms with van der Waals surface area (Å²) in [5, 5.41) is 1.70. The van der Waals surface area contributed by atoms with E-state index in [-0.39, 0.29) is 4.90 Å². The monoisotopic (exact) mass is 406 g/mol. The Hall–Kier alpha value is -2.22. The van der Waals surface area contributed by atoms with Gasteiger partial charge in [0.05, 0.1) is 16.0 Å². The Kier molecular flexibility index (Phi) is 4.75. The van der Waals surface area contributed by atoms with Gasteiger partial charge in [0.15, 0.2) is 6.20 Å². The highest BCUT2D eigenvalue weighted by molar-refractivity contribution is 7.89. The lowest BCUT2D eigenvalue weighted by atomic mass is 10.1. The van der Waals surface area contributed by atoms with Crippen molar-refractivity contribution in [3.05, 3.63) is 65.6 Å². The summed E-state index contributed by atoms with van der Waals surface area (Å²) in [6, 6.07) is 12.6. The number of rotatable bonds is 3. The molecule has 27 heavy (non-hydrogen) atoms. The third-order valence-corrected chi connectivity index (χ3v) is 6.92. The van der Waals surface area contributed by atoms with E-state index < -0.39 is 15.8 Å². The topological polar surface area (TPSA) is 54.8 Å². The molecule has 2 aromatic carbocycles. The number of fused-ring (bicyclic) bond motifs is 1. The van der Waals surface area contributed by atoms with Crippen LogP contribution in [-0.4, -0.2) is 38.9 Å². The van der Waals surface area contributed by atoms with Gasteiger partial charge in [-0.05, 0) is 36.4 Å². The van der Waals surface area contributed by atoms with Gasteiger partial charge in [0.2, 0.25) is 15.5 Å². The van der Waals surface area contributed by atoms with Crippen molar-refractivity contribution in [2.45, 2.75) is 4.90 Å². The average molecular weight is 407 g/mol. The Morgan fingerprint density at radius 1 is 0.963 bits per heavy atom. The zero-order valence-corrected chi connectivity index (χ0v) is 16.0. The standard InChI is InChI=1S/C19H17ClFN3O2S/c20-14-1-6-17-18(13-14)22-8-7-19(17)23-9-11-24(12-10-23)27(25,26)16-4-2-15(21)3-5-16/h1-8,13H,9-12H2/p+1. The summed E-state index contributed by atoms with van der Waals surface area (Å²) in [4.78, 5) is 5.47. The van der Waals surface area contributed by atoms with Crippen LogP contribution in [0.3, 0.4) is 0 Å². The van der Waals surface area contributed by atoms with Gasteiger partial charge in [-0.2, -0.15) is 4.31 Å². The van der Waals surface area contributed by atoms with Gasteiger partial charge in [-0.1, -0.05) is 11.6 Å². The number of sulfonamides is 1. The van der Waals surface area contributed by atoms with E-state index in [1.54, 1.807) is 0 Å². The van der Waals surface area contributed by atoms with E-state index in [1.807, 2.05) is 30.5 Å². The molecule has 2 heterocycles. The molecule has 1 aromatic heterocycles. The number of benzene rings is 2. The van der Waals surface area contributed by atoms with Crippen molar-refractivity contribution in [1.82, 2.24) is 4.31 Å². The minimum absolute atomic E-state index is 0.117. The number of hydrogen-bond acceptors (Lipinski definition) is 3. The van der Waals surface area contributed by atoms with Crippen LogP contribution in [0.15, 0.2) is 59.6 Å². The minimum Gasteiger partial charge on any atom is -0.368 e. The summed E-state index contributed by atoms with van der Waals surface area (Å²) < 4.78 is 40.0. The number of piperazine rings is 1. The number of aromatic nitrogens is 1. The van der Waals surface area contributed by atoms with Gasteiger partial charge in [0, 0.05) is 43.3 Å². The molecule has 0 saturated carbocycles. The first-order valence-electron chi connectivity index (χ1n) is 8.56. The van der Waals surface area contributed by atoms with Crippen LogP contribution in [0, 0.1) is 5.82 Å². The fraction of sp³-hybridized carbons (Fsp3) is 0.211. The lowest BCUT2D eigenvalue weighted by molar-refractivity contribution is -0.344. The van der Waals surface area contributed by atoms with Crippen molar-refractivity contribution in [2.75, 3.05) is 31.1 Å². The minimum atomic E-state index is -3.62. The molecule has 1 N–H and O–H groups in total. The number of anilines is 1. The molecule has 8 heteroatoms. The van der Waals surface area contributed by atoms with Gasteiger partial charge in [0.1, 0.15) is 5.82 Å². The fourth-order valence-corrected chi connectivity index (χ4v) is 4.95. The Morgan fingerprint density at radius 2 is 1.67 bits per heavy atom. The third-order valence-electron chi connectivity index (χ3n) is 4.77. The molecule has 0 radical (unpaired) electrons. The number of halogens is 2. The van der Waals surface area contributed by atoms with Crippen LogP contribution in [0.1, 0.15) is 0 Å². The van der Waals surface area contributed by atoms with Gasteiger partial charge in [-0.3, -0.25) is 0 Å². The maximum Gasteiger partial charge on any atom is 0.243 e. The molecule has 0 amide bonds. The van der Waals surface area contributed by atoms with Crippen LogP contribution in [-0.2, 0) is 10.0 Å². The molecule has 3 aromatic rings. The van der Waals surface area contributed by atoms with Crippen LogP contribution in [0.2, 0.25) is 5.02 Å². The summed E-state index contributed by atoms with van der Waals surface area (Å²) in [5.41, 5.74) is 1.97. The molecule has 1 aliphatic heterocycles. The zero-order valence-electron chi connectivity index (χ0n) is 14.4. The van der Waals surface area contributed by atoms with Gasteiger partial charge in [-0.15, -0.1) is 0 Å². The summed E-state index contributed by atoms with van der Waals surface area (Å²) >= 11 is 6.06. The molecule has 1 fully saturated rings. The van der Waals surface area contributed by atoms with Gasteiger partial charge in [-0.25, -0.2) is 17.8 Å². The van der Waals surface area contributed by atoms with Gasteiger partial charge < -0.3 is 4.90 Å². The molecule has 1 aliphatic rings. The molecule has 4 rings (SSSR count). The SMILES string of the molecule is O=S(=O)(c1ccc(F)cc1)N1CCN(c2cc[nH+]c3cc(Cl)ccc23)CC1. The zero-order chi connectivity index (χ0) is 19.0. The molecule has 1 saturated heterocycles. The van der Waals surface area contributed by atoms with Crippen molar-refractivity contribution < 1.29 is 17.8 Å². The molecule has 140 valence electrons. The van der Waals surface area contributed by atoms with Crippen molar-refractivity contribution in [2.24, 2.45) is 0 Å². The Balaban J connectivity index is 1.55. The maximum atomic E-state index is 13.1. The van der Waals surface area contributed by atoms with Crippen molar-refractivity contribution in [3.8, 4) is 0 Å². The smallest absolute Gasteiger partial charge is 0.243 e. The normalized spacial score (nSPS) is 16.0. The first-order valence-corrected chi connectivity index (χ1v) is 10.4. The number of hydrogen-bond donors (Lipinski definition) is 0. The van der Waals surface area contributed by atoms with E-state index in [1.165, 1.54) is 28.6 Å². The fourth-order valence-electron chi connectivity index (χ4n) is 3.36. The van der Waals surface area contributed by atoms with Crippen LogP contribution < -0.4 is 9.88 Å². The Bertz CT molecular complexity index is 1080.